The molecule has 0 bridgehead atoms. The lowest BCUT2D eigenvalue weighted by molar-refractivity contribution is 0.0961. The number of nitrogens with one attached hydrogen (secondary N) is 2. The molecule has 0 radical (unpaired) electrons. The highest BCUT2D eigenvalue weighted by Gasteiger charge is 2.16. The number of hydrogen-bond donors (Lipinski definition) is 2. The number of anilines is 1. The maximum atomic E-state index is 12.7. The van der Waals surface area contributed by atoms with Crippen LogP contribution in [-0.2, 0) is 0 Å². The van der Waals surface area contributed by atoms with Gasteiger partial charge in [0, 0.05) is 12.6 Å². The second kappa shape index (κ2) is 8.01. The van der Waals surface area contributed by atoms with Crippen molar-refractivity contribution in [1.29, 1.82) is 0 Å². The lowest BCUT2D eigenvalue weighted by atomic mass is 10.1. The topological polar surface area (TPSA) is 80.3 Å². The summed E-state index contributed by atoms with van der Waals surface area (Å²) in [6.07, 6.45) is 0. The Hall–Kier alpha value is -3.19. The average Bonchev–Trinajstić information content (AvgIpc) is 3.22. The van der Waals surface area contributed by atoms with Gasteiger partial charge in [-0.05, 0) is 48.7 Å². The van der Waals surface area contributed by atoms with Gasteiger partial charge in [0.15, 0.2) is 0 Å². The zero-order valence-electron chi connectivity index (χ0n) is 15.2. The molecular formula is C20H19N3O3S. The first-order valence-electron chi connectivity index (χ1n) is 8.26. The van der Waals surface area contributed by atoms with Gasteiger partial charge in [0.25, 0.3) is 11.8 Å². The van der Waals surface area contributed by atoms with Gasteiger partial charge in [-0.1, -0.05) is 6.07 Å². The number of ether oxygens (including phenoxy) is 1. The Morgan fingerprint density at radius 3 is 2.56 bits per heavy atom. The minimum absolute atomic E-state index is 0.244. The normalized spacial score (nSPS) is 10.3. The molecule has 3 rings (SSSR count). The zero-order chi connectivity index (χ0) is 19.4. The Labute approximate surface area is 161 Å². The van der Waals surface area contributed by atoms with Gasteiger partial charge in [-0.25, -0.2) is 0 Å². The average molecular weight is 381 g/mol. The number of carbonyl (C=O) groups is 2. The van der Waals surface area contributed by atoms with E-state index in [9.17, 15) is 9.59 Å². The zero-order valence-corrected chi connectivity index (χ0v) is 16.0. The van der Waals surface area contributed by atoms with E-state index < -0.39 is 0 Å². The lowest BCUT2D eigenvalue weighted by Gasteiger charge is -2.13. The molecule has 7 heteroatoms. The minimum Gasteiger partial charge on any atom is -0.495 e. The van der Waals surface area contributed by atoms with E-state index in [0.717, 1.165) is 10.6 Å². The van der Waals surface area contributed by atoms with Crippen molar-refractivity contribution in [1.82, 2.24) is 10.3 Å². The summed E-state index contributed by atoms with van der Waals surface area (Å²) in [5.74, 6) is -0.0896. The Morgan fingerprint density at radius 1 is 1.11 bits per heavy atom. The molecule has 138 valence electrons. The van der Waals surface area contributed by atoms with Crippen molar-refractivity contribution in [2.45, 2.75) is 6.92 Å². The molecule has 0 spiro atoms. The van der Waals surface area contributed by atoms with E-state index >= 15 is 0 Å². The smallest absolute Gasteiger partial charge is 0.257 e. The van der Waals surface area contributed by atoms with Crippen LogP contribution in [0.3, 0.4) is 0 Å². The van der Waals surface area contributed by atoms with Gasteiger partial charge < -0.3 is 15.4 Å². The summed E-state index contributed by atoms with van der Waals surface area (Å²) in [4.78, 5) is 30.2. The highest BCUT2D eigenvalue weighted by molar-refractivity contribution is 7.13. The summed E-state index contributed by atoms with van der Waals surface area (Å²) in [7, 11) is 3.06. The fourth-order valence-corrected chi connectivity index (χ4v) is 3.34. The summed E-state index contributed by atoms with van der Waals surface area (Å²) in [6, 6.07) is 12.4. The van der Waals surface area contributed by atoms with Crippen molar-refractivity contribution in [3.63, 3.8) is 0 Å². The quantitative estimate of drug-likeness (QED) is 0.706. The van der Waals surface area contributed by atoms with Crippen LogP contribution in [0.5, 0.6) is 5.75 Å². The number of amides is 2. The highest BCUT2D eigenvalue weighted by Crippen LogP contribution is 2.27. The SMILES string of the molecule is CNC(=O)c1ccc(OC)c(NC(=O)c2ccc(-c3cccs3)nc2C)c1. The van der Waals surface area contributed by atoms with Crippen LogP contribution >= 0.6 is 11.3 Å². The standard InChI is InChI=1S/C20H19N3O3S/c1-12-14(7-8-15(22-12)18-5-4-10-27-18)20(25)23-16-11-13(19(24)21-2)6-9-17(16)26-3/h4-11H,1-3H3,(H,21,24)(H,23,25). The van der Waals surface area contributed by atoms with Crippen molar-refractivity contribution in [3.05, 3.63) is 64.7 Å². The van der Waals surface area contributed by atoms with Gasteiger partial charge in [-0.15, -0.1) is 11.3 Å². The number of nitrogens with zero attached hydrogens (tertiary/aromatic N) is 1. The first-order valence-corrected chi connectivity index (χ1v) is 9.14. The van der Waals surface area contributed by atoms with Crippen LogP contribution in [0.25, 0.3) is 10.6 Å². The molecule has 2 N–H and O–H groups in total. The predicted molar refractivity (Wildman–Crippen MR) is 107 cm³/mol. The van der Waals surface area contributed by atoms with E-state index in [0.29, 0.717) is 28.3 Å². The maximum absolute atomic E-state index is 12.7. The Balaban J connectivity index is 1.88. The number of pyridine rings is 1. The number of thiophene rings is 1. The van der Waals surface area contributed by atoms with Crippen molar-refractivity contribution in [2.24, 2.45) is 0 Å². The van der Waals surface area contributed by atoms with Crippen molar-refractivity contribution < 1.29 is 14.3 Å². The molecular weight excluding hydrogens is 362 g/mol. The third-order valence-corrected chi connectivity index (χ3v) is 4.93. The van der Waals surface area contributed by atoms with Crippen LogP contribution in [0.15, 0.2) is 47.8 Å². The van der Waals surface area contributed by atoms with E-state index in [-0.39, 0.29) is 11.8 Å². The van der Waals surface area contributed by atoms with Crippen molar-refractivity contribution in [2.75, 3.05) is 19.5 Å². The number of hydrogen-bond acceptors (Lipinski definition) is 5. The van der Waals surface area contributed by atoms with Crippen LogP contribution in [0.1, 0.15) is 26.4 Å². The van der Waals surface area contributed by atoms with E-state index in [1.54, 1.807) is 49.6 Å². The van der Waals surface area contributed by atoms with E-state index in [2.05, 4.69) is 15.6 Å². The number of rotatable bonds is 5. The molecule has 2 amide bonds. The minimum atomic E-state index is -0.315. The molecule has 0 unspecified atom stereocenters. The van der Waals surface area contributed by atoms with Crippen LogP contribution in [0, 0.1) is 6.92 Å². The van der Waals surface area contributed by atoms with E-state index in [1.165, 1.54) is 7.11 Å². The van der Waals surface area contributed by atoms with Crippen molar-refractivity contribution >= 4 is 28.8 Å². The van der Waals surface area contributed by atoms with Gasteiger partial charge in [0.2, 0.25) is 0 Å². The highest BCUT2D eigenvalue weighted by atomic mass is 32.1. The summed E-state index contributed by atoms with van der Waals surface area (Å²) >= 11 is 1.60. The molecule has 0 saturated carbocycles. The van der Waals surface area contributed by atoms with Gasteiger partial charge in [0.05, 0.1) is 34.6 Å². The van der Waals surface area contributed by atoms with Gasteiger partial charge >= 0.3 is 0 Å². The summed E-state index contributed by atoms with van der Waals surface area (Å²) < 4.78 is 5.29. The van der Waals surface area contributed by atoms with Crippen LogP contribution in [-0.4, -0.2) is 31.0 Å². The van der Waals surface area contributed by atoms with Gasteiger partial charge in [0.1, 0.15) is 5.75 Å². The van der Waals surface area contributed by atoms with Crippen molar-refractivity contribution in [3.8, 4) is 16.3 Å². The van der Waals surface area contributed by atoms with Gasteiger partial charge in [-0.2, -0.15) is 0 Å². The molecule has 0 fully saturated rings. The molecule has 0 aliphatic rings. The molecule has 0 aliphatic carbocycles. The van der Waals surface area contributed by atoms with Gasteiger partial charge in [-0.3, -0.25) is 14.6 Å². The molecule has 27 heavy (non-hydrogen) atoms. The predicted octanol–water partition coefficient (Wildman–Crippen LogP) is 3.74. The van der Waals surface area contributed by atoms with E-state index in [4.69, 9.17) is 4.74 Å². The first-order chi connectivity index (χ1) is 13.0. The molecule has 0 saturated heterocycles. The first kappa shape index (κ1) is 18.6. The fourth-order valence-electron chi connectivity index (χ4n) is 2.64. The third-order valence-electron chi connectivity index (χ3n) is 4.04. The molecule has 2 heterocycles. The number of aromatic nitrogens is 1. The Kier molecular flexibility index (Phi) is 5.52. The fraction of sp³-hybridized carbons (Fsp3) is 0.150. The Morgan fingerprint density at radius 2 is 1.93 bits per heavy atom. The number of carbonyl (C=O) groups excluding carboxylic acids is 2. The van der Waals surface area contributed by atoms with Crippen LogP contribution < -0.4 is 15.4 Å². The molecule has 6 nitrogen and oxygen atoms in total. The van der Waals surface area contributed by atoms with Crippen LogP contribution in [0.2, 0.25) is 0 Å². The Bertz CT molecular complexity index is 984. The molecule has 0 atom stereocenters. The summed E-state index contributed by atoms with van der Waals surface area (Å²) in [6.45, 7) is 1.80. The third kappa shape index (κ3) is 3.98. The van der Waals surface area contributed by atoms with E-state index in [1.807, 2.05) is 23.6 Å². The maximum Gasteiger partial charge on any atom is 0.257 e. The number of aryl methyl sites for hydroxylation is 1. The largest absolute Gasteiger partial charge is 0.495 e. The molecule has 0 aliphatic heterocycles. The number of benzene rings is 1. The molecule has 1 aromatic carbocycles. The second-order valence-corrected chi connectivity index (χ2v) is 6.70. The summed E-state index contributed by atoms with van der Waals surface area (Å²) in [5.41, 5.74) is 2.77. The number of methoxy groups -OCH3 is 1. The molecule has 3 aromatic rings. The molecule has 2 aromatic heterocycles. The van der Waals surface area contributed by atoms with Crippen LogP contribution in [0.4, 0.5) is 5.69 Å². The lowest BCUT2D eigenvalue weighted by Crippen LogP contribution is -2.19. The summed E-state index contributed by atoms with van der Waals surface area (Å²) in [5, 5.41) is 7.35. The monoisotopic (exact) mass is 381 g/mol. The second-order valence-electron chi connectivity index (χ2n) is 5.76.